The monoisotopic (exact) mass is 413 g/mol. The molecule has 3 rings (SSSR count). The summed E-state index contributed by atoms with van der Waals surface area (Å²) in [6.07, 6.45) is 5.54. The summed E-state index contributed by atoms with van der Waals surface area (Å²) in [4.78, 5) is 21.9. The summed E-state index contributed by atoms with van der Waals surface area (Å²) < 4.78 is 0. The van der Waals surface area contributed by atoms with Crippen LogP contribution in [0.2, 0.25) is 0 Å². The highest BCUT2D eigenvalue weighted by Crippen LogP contribution is 2.28. The number of aryl methyl sites for hydroxylation is 1. The first kappa shape index (κ1) is 22.6. The molecule has 1 amide bonds. The smallest absolute Gasteiger partial charge is 0.225 e. The highest BCUT2D eigenvalue weighted by Gasteiger charge is 2.32. The third-order valence-corrected chi connectivity index (χ3v) is 6.40. The molecular formula is C24H39N5O. The van der Waals surface area contributed by atoms with Crippen molar-refractivity contribution in [2.45, 2.75) is 58.0 Å². The average molecular weight is 414 g/mol. The minimum atomic E-state index is 0.227. The first-order valence-electron chi connectivity index (χ1n) is 11.5. The fourth-order valence-corrected chi connectivity index (χ4v) is 4.56. The standard InChI is InChI=1S/C24H39N5O/c1-5-25-24(26-16-22(28(3)4)19-12-10-18(2)11-13-19)27-21-14-15-29(17-21)23(30)20-8-6-7-9-20/h10-13,20-22H,5-9,14-17H2,1-4H3,(H2,25,26,27). The molecule has 1 aliphatic carbocycles. The van der Waals surface area contributed by atoms with Gasteiger partial charge in [-0.1, -0.05) is 42.7 Å². The summed E-state index contributed by atoms with van der Waals surface area (Å²) in [5, 5.41) is 6.95. The fourth-order valence-electron chi connectivity index (χ4n) is 4.56. The molecule has 1 heterocycles. The van der Waals surface area contributed by atoms with Crippen LogP contribution in [0.25, 0.3) is 0 Å². The molecule has 1 saturated carbocycles. The van der Waals surface area contributed by atoms with Crippen LogP contribution in [-0.4, -0.2) is 68.0 Å². The van der Waals surface area contributed by atoms with E-state index in [1.165, 1.54) is 24.0 Å². The Morgan fingerprint density at radius 2 is 1.90 bits per heavy atom. The number of amides is 1. The van der Waals surface area contributed by atoms with Gasteiger partial charge in [-0.25, -0.2) is 0 Å². The Kier molecular flexibility index (Phi) is 8.14. The molecule has 2 N–H and O–H groups in total. The Bertz CT molecular complexity index is 709. The zero-order chi connectivity index (χ0) is 21.5. The second-order valence-electron chi connectivity index (χ2n) is 9.01. The third-order valence-electron chi connectivity index (χ3n) is 6.40. The molecule has 1 aromatic carbocycles. The number of hydrogen-bond acceptors (Lipinski definition) is 3. The first-order chi connectivity index (χ1) is 14.5. The summed E-state index contributed by atoms with van der Waals surface area (Å²) >= 11 is 0. The second-order valence-corrected chi connectivity index (χ2v) is 9.01. The number of hydrogen-bond donors (Lipinski definition) is 2. The van der Waals surface area contributed by atoms with Gasteiger partial charge in [0, 0.05) is 31.6 Å². The molecule has 1 saturated heterocycles. The van der Waals surface area contributed by atoms with E-state index in [-0.39, 0.29) is 18.0 Å². The van der Waals surface area contributed by atoms with Crippen LogP contribution in [0, 0.1) is 12.8 Å². The predicted octanol–water partition coefficient (Wildman–Crippen LogP) is 2.94. The minimum absolute atomic E-state index is 0.227. The molecular weight excluding hydrogens is 374 g/mol. The number of likely N-dealkylation sites (N-methyl/N-ethyl adjacent to an activating group) is 1. The largest absolute Gasteiger partial charge is 0.357 e. The molecule has 2 atom stereocenters. The van der Waals surface area contributed by atoms with Crippen LogP contribution in [-0.2, 0) is 4.79 Å². The molecule has 2 fully saturated rings. The van der Waals surface area contributed by atoms with Gasteiger partial charge in [0.25, 0.3) is 0 Å². The van der Waals surface area contributed by atoms with Crippen molar-refractivity contribution in [3.05, 3.63) is 35.4 Å². The van der Waals surface area contributed by atoms with Gasteiger partial charge in [-0.05, 0) is 52.8 Å². The Morgan fingerprint density at radius 3 is 2.53 bits per heavy atom. The number of nitrogens with one attached hydrogen (secondary N) is 2. The number of carbonyl (C=O) groups is 1. The topological polar surface area (TPSA) is 60.0 Å². The second kappa shape index (κ2) is 10.8. The van der Waals surface area contributed by atoms with Crippen molar-refractivity contribution in [3.63, 3.8) is 0 Å². The molecule has 1 aromatic rings. The highest BCUT2D eigenvalue weighted by molar-refractivity contribution is 5.81. The van der Waals surface area contributed by atoms with E-state index in [0.717, 1.165) is 44.9 Å². The van der Waals surface area contributed by atoms with E-state index in [1.54, 1.807) is 0 Å². The van der Waals surface area contributed by atoms with Gasteiger partial charge in [0.2, 0.25) is 5.91 Å². The van der Waals surface area contributed by atoms with E-state index in [9.17, 15) is 4.79 Å². The Labute approximate surface area is 182 Å². The van der Waals surface area contributed by atoms with Gasteiger partial charge in [-0.2, -0.15) is 0 Å². The molecule has 0 spiro atoms. The van der Waals surface area contributed by atoms with Gasteiger partial charge in [0.15, 0.2) is 5.96 Å². The minimum Gasteiger partial charge on any atom is -0.357 e. The van der Waals surface area contributed by atoms with Gasteiger partial charge in [0.05, 0.1) is 12.6 Å². The lowest BCUT2D eigenvalue weighted by Crippen LogP contribution is -2.45. The van der Waals surface area contributed by atoms with E-state index in [4.69, 9.17) is 4.99 Å². The number of rotatable bonds is 7. The number of carbonyl (C=O) groups excluding carboxylic acids is 1. The zero-order valence-corrected chi connectivity index (χ0v) is 19.2. The fraction of sp³-hybridized carbons (Fsp3) is 0.667. The molecule has 30 heavy (non-hydrogen) atoms. The average Bonchev–Trinajstić information content (AvgIpc) is 3.41. The molecule has 6 nitrogen and oxygen atoms in total. The number of likely N-dealkylation sites (tertiary alicyclic amines) is 1. The zero-order valence-electron chi connectivity index (χ0n) is 19.2. The van der Waals surface area contributed by atoms with Crippen molar-refractivity contribution >= 4 is 11.9 Å². The SMILES string of the molecule is CCNC(=NCC(c1ccc(C)cc1)N(C)C)NC1CCN(C(=O)C2CCCC2)C1. The lowest BCUT2D eigenvalue weighted by molar-refractivity contribution is -0.134. The summed E-state index contributed by atoms with van der Waals surface area (Å²) in [5.41, 5.74) is 2.55. The molecule has 1 aliphatic heterocycles. The number of guanidine groups is 1. The van der Waals surface area contributed by atoms with Gasteiger partial charge >= 0.3 is 0 Å². The Balaban J connectivity index is 1.59. The van der Waals surface area contributed by atoms with Crippen LogP contribution in [0.5, 0.6) is 0 Å². The lowest BCUT2D eigenvalue weighted by Gasteiger charge is -2.25. The van der Waals surface area contributed by atoms with E-state index in [2.05, 4.69) is 72.6 Å². The summed E-state index contributed by atoms with van der Waals surface area (Å²) in [6.45, 7) is 7.35. The van der Waals surface area contributed by atoms with Gasteiger partial charge in [0.1, 0.15) is 0 Å². The normalized spacial score (nSPS) is 21.3. The van der Waals surface area contributed by atoms with Gasteiger partial charge in [-0.15, -0.1) is 0 Å². The number of benzene rings is 1. The van der Waals surface area contributed by atoms with E-state index < -0.39 is 0 Å². The molecule has 166 valence electrons. The number of nitrogens with zero attached hydrogens (tertiary/aromatic N) is 3. The molecule has 2 unspecified atom stereocenters. The Hall–Kier alpha value is -2.08. The van der Waals surface area contributed by atoms with Crippen molar-refractivity contribution in [1.29, 1.82) is 0 Å². The lowest BCUT2D eigenvalue weighted by atomic mass is 10.0. The molecule has 6 heteroatoms. The van der Waals surface area contributed by atoms with Crippen LogP contribution < -0.4 is 10.6 Å². The molecule has 2 aliphatic rings. The van der Waals surface area contributed by atoms with Crippen molar-refractivity contribution < 1.29 is 4.79 Å². The maximum atomic E-state index is 12.7. The van der Waals surface area contributed by atoms with Crippen molar-refractivity contribution in [3.8, 4) is 0 Å². The molecule has 0 radical (unpaired) electrons. The predicted molar refractivity (Wildman–Crippen MR) is 124 cm³/mol. The van der Waals surface area contributed by atoms with Crippen LogP contribution >= 0.6 is 0 Å². The van der Waals surface area contributed by atoms with Crippen molar-refractivity contribution in [1.82, 2.24) is 20.4 Å². The summed E-state index contributed by atoms with van der Waals surface area (Å²) in [7, 11) is 4.20. The molecule has 0 aromatic heterocycles. The maximum absolute atomic E-state index is 12.7. The quantitative estimate of drug-likeness (QED) is 0.533. The van der Waals surface area contributed by atoms with Crippen LogP contribution in [0.15, 0.2) is 29.3 Å². The maximum Gasteiger partial charge on any atom is 0.225 e. The molecule has 0 bridgehead atoms. The van der Waals surface area contributed by atoms with E-state index >= 15 is 0 Å². The van der Waals surface area contributed by atoms with E-state index in [1.807, 2.05) is 0 Å². The van der Waals surface area contributed by atoms with Crippen LogP contribution in [0.1, 0.15) is 56.2 Å². The van der Waals surface area contributed by atoms with E-state index in [0.29, 0.717) is 12.5 Å². The summed E-state index contributed by atoms with van der Waals surface area (Å²) in [5.74, 6) is 1.48. The first-order valence-corrected chi connectivity index (χ1v) is 11.5. The van der Waals surface area contributed by atoms with Crippen molar-refractivity contribution in [2.75, 3.05) is 40.3 Å². The van der Waals surface area contributed by atoms with Crippen molar-refractivity contribution in [2.24, 2.45) is 10.9 Å². The summed E-state index contributed by atoms with van der Waals surface area (Å²) in [6, 6.07) is 9.20. The Morgan fingerprint density at radius 1 is 1.20 bits per heavy atom. The third kappa shape index (κ3) is 5.97. The van der Waals surface area contributed by atoms with Crippen LogP contribution in [0.4, 0.5) is 0 Å². The number of aliphatic imine (C=N–C) groups is 1. The van der Waals surface area contributed by atoms with Gasteiger partial charge < -0.3 is 20.4 Å². The van der Waals surface area contributed by atoms with Gasteiger partial charge in [-0.3, -0.25) is 9.79 Å². The highest BCUT2D eigenvalue weighted by atomic mass is 16.2. The van der Waals surface area contributed by atoms with Crippen LogP contribution in [0.3, 0.4) is 0 Å².